The average Bonchev–Trinajstić information content (AvgIpc) is 2.98. The molecule has 1 aliphatic rings. The van der Waals surface area contributed by atoms with Gasteiger partial charge in [-0.05, 0) is 25.0 Å². The minimum Gasteiger partial charge on any atom is -0.306 e. The van der Waals surface area contributed by atoms with Gasteiger partial charge in [0.2, 0.25) is 0 Å². The van der Waals surface area contributed by atoms with Crippen LogP contribution in [0.2, 0.25) is 4.34 Å². The molecule has 0 spiro atoms. The predicted octanol–water partition coefficient (Wildman–Crippen LogP) is 3.81. The number of halogens is 1. The Kier molecular flexibility index (Phi) is 3.22. The first-order chi connectivity index (χ1) is 8.72. The Hall–Kier alpha value is -1.13. The van der Waals surface area contributed by atoms with Crippen molar-refractivity contribution in [2.45, 2.75) is 31.6 Å². The van der Waals surface area contributed by atoms with Gasteiger partial charge in [0, 0.05) is 12.0 Å². The third-order valence-electron chi connectivity index (χ3n) is 3.34. The molecule has 0 unspecified atom stereocenters. The third-order valence-corrected chi connectivity index (χ3v) is 4.58. The molecule has 5 heteroatoms. The fourth-order valence-electron chi connectivity index (χ4n) is 2.47. The number of nitrogens with one attached hydrogen (secondary N) is 1. The maximum Gasteiger partial charge on any atom is 0.251 e. The van der Waals surface area contributed by atoms with Gasteiger partial charge in [-0.3, -0.25) is 4.79 Å². The van der Waals surface area contributed by atoms with Crippen molar-refractivity contribution < 1.29 is 0 Å². The highest BCUT2D eigenvalue weighted by atomic mass is 35.5. The summed E-state index contributed by atoms with van der Waals surface area (Å²) in [5.41, 5.74) is 0.849. The van der Waals surface area contributed by atoms with Crippen LogP contribution in [0.1, 0.15) is 37.3 Å². The molecular formula is C13H13ClN2OS. The van der Waals surface area contributed by atoms with E-state index < -0.39 is 0 Å². The van der Waals surface area contributed by atoms with Gasteiger partial charge in [-0.25, -0.2) is 4.98 Å². The van der Waals surface area contributed by atoms with Crippen molar-refractivity contribution in [2.75, 3.05) is 0 Å². The lowest BCUT2D eigenvalue weighted by Gasteiger charge is -2.08. The first-order valence-corrected chi connectivity index (χ1v) is 7.29. The van der Waals surface area contributed by atoms with Gasteiger partial charge < -0.3 is 4.98 Å². The standard InChI is InChI=1S/C13H13ClN2OS/c14-11-6-5-10(18-11)13-15-9(7-12(17)16-13)8-3-1-2-4-8/h5-8H,1-4H2,(H,15,16,17). The van der Waals surface area contributed by atoms with E-state index in [1.165, 1.54) is 24.2 Å². The Morgan fingerprint density at radius 2 is 2.11 bits per heavy atom. The van der Waals surface area contributed by atoms with Crippen LogP contribution in [0.3, 0.4) is 0 Å². The first kappa shape index (κ1) is 11.9. The SMILES string of the molecule is O=c1cc(C2CCCC2)nc(-c2ccc(Cl)s2)[nH]1. The monoisotopic (exact) mass is 280 g/mol. The van der Waals surface area contributed by atoms with Crippen LogP contribution < -0.4 is 5.56 Å². The van der Waals surface area contributed by atoms with Gasteiger partial charge in [0.05, 0.1) is 14.9 Å². The second kappa shape index (κ2) is 4.86. The molecule has 1 aliphatic carbocycles. The van der Waals surface area contributed by atoms with E-state index in [4.69, 9.17) is 11.6 Å². The summed E-state index contributed by atoms with van der Waals surface area (Å²) in [4.78, 5) is 20.0. The summed E-state index contributed by atoms with van der Waals surface area (Å²) in [6.07, 6.45) is 4.75. The minimum atomic E-state index is -0.0774. The molecule has 0 aromatic carbocycles. The van der Waals surface area contributed by atoms with Crippen LogP contribution in [-0.2, 0) is 0 Å². The fourth-order valence-corrected chi connectivity index (χ4v) is 3.45. The number of aromatic nitrogens is 2. The van der Waals surface area contributed by atoms with E-state index in [2.05, 4.69) is 9.97 Å². The number of hydrogen-bond acceptors (Lipinski definition) is 3. The van der Waals surface area contributed by atoms with Crippen molar-refractivity contribution in [2.24, 2.45) is 0 Å². The molecule has 0 atom stereocenters. The molecular weight excluding hydrogens is 268 g/mol. The van der Waals surface area contributed by atoms with Crippen molar-refractivity contribution in [1.82, 2.24) is 9.97 Å². The third kappa shape index (κ3) is 2.35. The number of rotatable bonds is 2. The Bertz CT molecular complexity index is 613. The maximum atomic E-state index is 11.7. The lowest BCUT2D eigenvalue weighted by molar-refractivity contribution is 0.693. The van der Waals surface area contributed by atoms with Crippen molar-refractivity contribution in [3.05, 3.63) is 38.6 Å². The van der Waals surface area contributed by atoms with Gasteiger partial charge in [0.1, 0.15) is 0 Å². The van der Waals surface area contributed by atoms with E-state index in [-0.39, 0.29) is 5.56 Å². The lowest BCUT2D eigenvalue weighted by atomic mass is 10.0. The summed E-state index contributed by atoms with van der Waals surface area (Å²) in [7, 11) is 0. The largest absolute Gasteiger partial charge is 0.306 e. The van der Waals surface area contributed by atoms with Gasteiger partial charge in [-0.1, -0.05) is 24.4 Å². The van der Waals surface area contributed by atoms with Gasteiger partial charge in [-0.15, -0.1) is 11.3 Å². The molecule has 2 aromatic heterocycles. The molecule has 0 amide bonds. The molecule has 1 fully saturated rings. The highest BCUT2D eigenvalue weighted by Gasteiger charge is 2.19. The Balaban J connectivity index is 2.02. The van der Waals surface area contributed by atoms with Gasteiger partial charge in [0.25, 0.3) is 5.56 Å². The van der Waals surface area contributed by atoms with E-state index in [0.717, 1.165) is 23.4 Å². The molecule has 0 aliphatic heterocycles. The Morgan fingerprint density at radius 1 is 1.33 bits per heavy atom. The lowest BCUT2D eigenvalue weighted by Crippen LogP contribution is -2.11. The normalized spacial score (nSPS) is 16.3. The Morgan fingerprint density at radius 3 is 2.78 bits per heavy atom. The van der Waals surface area contributed by atoms with E-state index >= 15 is 0 Å². The molecule has 0 bridgehead atoms. The first-order valence-electron chi connectivity index (χ1n) is 6.09. The number of aromatic amines is 1. The molecule has 18 heavy (non-hydrogen) atoms. The highest BCUT2D eigenvalue weighted by molar-refractivity contribution is 7.19. The van der Waals surface area contributed by atoms with Crippen LogP contribution in [0.25, 0.3) is 10.7 Å². The van der Waals surface area contributed by atoms with Gasteiger partial charge in [-0.2, -0.15) is 0 Å². The van der Waals surface area contributed by atoms with Crippen molar-refractivity contribution in [1.29, 1.82) is 0 Å². The second-order valence-corrected chi connectivity index (χ2v) is 6.32. The summed E-state index contributed by atoms with van der Waals surface area (Å²) in [6.45, 7) is 0. The molecule has 3 rings (SSSR count). The average molecular weight is 281 g/mol. The maximum absolute atomic E-state index is 11.7. The fraction of sp³-hybridized carbons (Fsp3) is 0.385. The second-order valence-electron chi connectivity index (χ2n) is 4.60. The summed E-state index contributed by atoms with van der Waals surface area (Å²) in [5, 5.41) is 0. The van der Waals surface area contributed by atoms with Crippen molar-refractivity contribution in [3.63, 3.8) is 0 Å². The van der Waals surface area contributed by atoms with Crippen LogP contribution in [-0.4, -0.2) is 9.97 Å². The van der Waals surface area contributed by atoms with Crippen LogP contribution >= 0.6 is 22.9 Å². The molecule has 3 nitrogen and oxygen atoms in total. The van der Waals surface area contributed by atoms with E-state index in [1.807, 2.05) is 12.1 Å². The quantitative estimate of drug-likeness (QED) is 0.909. The summed E-state index contributed by atoms with van der Waals surface area (Å²) in [5.74, 6) is 1.09. The van der Waals surface area contributed by atoms with Crippen LogP contribution in [0, 0.1) is 0 Å². The molecule has 1 N–H and O–H groups in total. The van der Waals surface area contributed by atoms with E-state index in [0.29, 0.717) is 16.1 Å². The summed E-state index contributed by atoms with van der Waals surface area (Å²) < 4.78 is 0.707. The summed E-state index contributed by atoms with van der Waals surface area (Å²) in [6, 6.07) is 5.35. The summed E-state index contributed by atoms with van der Waals surface area (Å²) >= 11 is 7.35. The zero-order valence-corrected chi connectivity index (χ0v) is 11.4. The van der Waals surface area contributed by atoms with Crippen LogP contribution in [0.4, 0.5) is 0 Å². The predicted molar refractivity (Wildman–Crippen MR) is 74.4 cm³/mol. The number of thiophene rings is 1. The van der Waals surface area contributed by atoms with Gasteiger partial charge >= 0.3 is 0 Å². The van der Waals surface area contributed by atoms with E-state index in [9.17, 15) is 4.79 Å². The van der Waals surface area contributed by atoms with E-state index in [1.54, 1.807) is 6.07 Å². The molecule has 1 saturated carbocycles. The number of nitrogens with zero attached hydrogens (tertiary/aromatic N) is 1. The molecule has 2 aromatic rings. The zero-order valence-electron chi connectivity index (χ0n) is 9.78. The Labute approximate surface area is 114 Å². The number of H-pyrrole nitrogens is 1. The molecule has 0 saturated heterocycles. The van der Waals surface area contributed by atoms with Crippen LogP contribution in [0.15, 0.2) is 23.0 Å². The van der Waals surface area contributed by atoms with Gasteiger partial charge in [0.15, 0.2) is 5.82 Å². The van der Waals surface area contributed by atoms with Crippen molar-refractivity contribution in [3.8, 4) is 10.7 Å². The molecule has 94 valence electrons. The molecule has 0 radical (unpaired) electrons. The molecule has 2 heterocycles. The highest BCUT2D eigenvalue weighted by Crippen LogP contribution is 2.34. The van der Waals surface area contributed by atoms with Crippen LogP contribution in [0.5, 0.6) is 0 Å². The van der Waals surface area contributed by atoms with Crippen molar-refractivity contribution >= 4 is 22.9 Å². The number of hydrogen-bond donors (Lipinski definition) is 1. The minimum absolute atomic E-state index is 0.0774. The topological polar surface area (TPSA) is 45.8 Å². The smallest absolute Gasteiger partial charge is 0.251 e. The zero-order chi connectivity index (χ0) is 12.5.